The summed E-state index contributed by atoms with van der Waals surface area (Å²) in [7, 11) is 0. The van der Waals surface area contributed by atoms with E-state index in [4.69, 9.17) is 5.73 Å². The highest BCUT2D eigenvalue weighted by Gasteiger charge is 2.35. The Morgan fingerprint density at radius 3 is 2.32 bits per heavy atom. The zero-order valence-corrected chi connectivity index (χ0v) is 13.2. The zero-order valence-electron chi connectivity index (χ0n) is 13.2. The van der Waals surface area contributed by atoms with Crippen molar-refractivity contribution in [2.24, 2.45) is 5.73 Å². The third-order valence-corrected chi connectivity index (χ3v) is 4.04. The number of amides is 3. The standard InChI is InChI=1S/C18H16FN3O3/c19-15-8-11(5-6-16(15)21-10-23)7-12(20)9-22-17(24)13-3-1-2-4-14(13)18(22)25/h1-6,8,10,12H,7,9,20H2,(H,21,23)/t12-/m0/s1. The highest BCUT2D eigenvalue weighted by molar-refractivity contribution is 6.21. The van der Waals surface area contributed by atoms with Crippen LogP contribution in [0.3, 0.4) is 0 Å². The summed E-state index contributed by atoms with van der Waals surface area (Å²) in [4.78, 5) is 36.1. The lowest BCUT2D eigenvalue weighted by atomic mass is 10.1. The van der Waals surface area contributed by atoms with Crippen molar-refractivity contribution >= 4 is 23.9 Å². The Morgan fingerprint density at radius 2 is 1.76 bits per heavy atom. The largest absolute Gasteiger partial charge is 0.326 e. The van der Waals surface area contributed by atoms with Gasteiger partial charge in [-0.25, -0.2) is 4.39 Å². The first kappa shape index (κ1) is 16.8. The molecule has 0 aliphatic carbocycles. The minimum absolute atomic E-state index is 0.0440. The fourth-order valence-electron chi connectivity index (χ4n) is 2.87. The summed E-state index contributed by atoms with van der Waals surface area (Å²) in [6.07, 6.45) is 0.678. The van der Waals surface area contributed by atoms with Crippen LogP contribution in [0.15, 0.2) is 42.5 Å². The summed E-state index contributed by atoms with van der Waals surface area (Å²) in [5.41, 5.74) is 7.48. The molecule has 0 spiro atoms. The Bertz CT molecular complexity index is 818. The number of benzene rings is 2. The molecule has 7 heteroatoms. The molecule has 0 unspecified atom stereocenters. The van der Waals surface area contributed by atoms with Crippen molar-refractivity contribution in [1.29, 1.82) is 0 Å². The number of anilines is 1. The van der Waals surface area contributed by atoms with Crippen molar-refractivity contribution in [3.8, 4) is 0 Å². The number of nitrogens with two attached hydrogens (primary N) is 1. The van der Waals surface area contributed by atoms with Gasteiger partial charge in [0.15, 0.2) is 0 Å². The lowest BCUT2D eigenvalue weighted by molar-refractivity contribution is -0.105. The number of imide groups is 1. The molecule has 1 aliphatic rings. The number of nitrogens with one attached hydrogen (secondary N) is 1. The summed E-state index contributed by atoms with van der Waals surface area (Å²) >= 11 is 0. The topological polar surface area (TPSA) is 92.5 Å². The van der Waals surface area contributed by atoms with Crippen molar-refractivity contribution in [1.82, 2.24) is 4.90 Å². The molecule has 1 heterocycles. The highest BCUT2D eigenvalue weighted by atomic mass is 19.1. The third kappa shape index (κ3) is 3.27. The smallest absolute Gasteiger partial charge is 0.261 e. The minimum atomic E-state index is -0.572. The molecular formula is C18H16FN3O3. The van der Waals surface area contributed by atoms with Crippen molar-refractivity contribution < 1.29 is 18.8 Å². The average molecular weight is 341 g/mol. The van der Waals surface area contributed by atoms with E-state index < -0.39 is 11.9 Å². The number of hydrogen-bond acceptors (Lipinski definition) is 4. The fraction of sp³-hybridized carbons (Fsp3) is 0.167. The maximum absolute atomic E-state index is 13.8. The highest BCUT2D eigenvalue weighted by Crippen LogP contribution is 2.23. The summed E-state index contributed by atoms with van der Waals surface area (Å²) in [5, 5.41) is 2.25. The van der Waals surface area contributed by atoms with Crippen molar-refractivity contribution in [3.63, 3.8) is 0 Å². The third-order valence-electron chi connectivity index (χ3n) is 4.04. The SMILES string of the molecule is N[C@@H](Cc1ccc(NC=O)c(F)c1)CN1C(=O)c2ccccc2C1=O. The van der Waals surface area contributed by atoms with Crippen LogP contribution in [0.5, 0.6) is 0 Å². The number of fused-ring (bicyclic) bond motifs is 1. The van der Waals surface area contributed by atoms with Gasteiger partial charge in [-0.15, -0.1) is 0 Å². The van der Waals surface area contributed by atoms with Crippen LogP contribution in [0.25, 0.3) is 0 Å². The number of carbonyl (C=O) groups is 3. The second-order valence-electron chi connectivity index (χ2n) is 5.81. The molecule has 3 N–H and O–H groups in total. The number of halogens is 1. The first-order chi connectivity index (χ1) is 12.0. The molecular weight excluding hydrogens is 325 g/mol. The predicted octanol–water partition coefficient (Wildman–Crippen LogP) is 1.56. The second kappa shape index (κ2) is 6.82. The zero-order chi connectivity index (χ0) is 18.0. The predicted molar refractivity (Wildman–Crippen MR) is 89.6 cm³/mol. The molecule has 0 aromatic heterocycles. The molecule has 0 saturated heterocycles. The molecule has 3 rings (SSSR count). The van der Waals surface area contributed by atoms with Gasteiger partial charge in [0.05, 0.1) is 16.8 Å². The van der Waals surface area contributed by atoms with Crippen molar-refractivity contribution in [2.45, 2.75) is 12.5 Å². The molecule has 6 nitrogen and oxygen atoms in total. The van der Waals surface area contributed by atoms with E-state index in [0.29, 0.717) is 23.1 Å². The second-order valence-corrected chi connectivity index (χ2v) is 5.81. The van der Waals surface area contributed by atoms with Gasteiger partial charge >= 0.3 is 0 Å². The van der Waals surface area contributed by atoms with Crippen LogP contribution in [0, 0.1) is 5.82 Å². The average Bonchev–Trinajstić information content (AvgIpc) is 2.83. The van der Waals surface area contributed by atoms with Crippen molar-refractivity contribution in [3.05, 3.63) is 65.0 Å². The van der Waals surface area contributed by atoms with Crippen molar-refractivity contribution in [2.75, 3.05) is 11.9 Å². The van der Waals surface area contributed by atoms with E-state index in [1.165, 1.54) is 12.1 Å². The van der Waals surface area contributed by atoms with Gasteiger partial charge in [0, 0.05) is 12.6 Å². The molecule has 2 aromatic carbocycles. The monoisotopic (exact) mass is 341 g/mol. The van der Waals surface area contributed by atoms with Crippen LogP contribution in [0.1, 0.15) is 26.3 Å². The summed E-state index contributed by atoms with van der Waals surface area (Å²) in [6.45, 7) is 0.0440. The molecule has 25 heavy (non-hydrogen) atoms. The van der Waals surface area contributed by atoms with Crippen LogP contribution in [0.2, 0.25) is 0 Å². The van der Waals surface area contributed by atoms with Gasteiger partial charge < -0.3 is 11.1 Å². The van der Waals surface area contributed by atoms with Gasteiger partial charge in [0.1, 0.15) is 5.82 Å². The van der Waals surface area contributed by atoms with Gasteiger partial charge in [-0.3, -0.25) is 19.3 Å². The van der Waals surface area contributed by atoms with Crippen LogP contribution < -0.4 is 11.1 Å². The van der Waals surface area contributed by atoms with Gasteiger partial charge in [-0.1, -0.05) is 18.2 Å². The van der Waals surface area contributed by atoms with E-state index in [-0.39, 0.29) is 30.5 Å². The Balaban J connectivity index is 1.68. The Kier molecular flexibility index (Phi) is 4.58. The van der Waals surface area contributed by atoms with Crippen LogP contribution in [0.4, 0.5) is 10.1 Å². The maximum Gasteiger partial charge on any atom is 0.261 e. The molecule has 2 aromatic rings. The van der Waals surface area contributed by atoms with Gasteiger partial charge in [0.2, 0.25) is 6.41 Å². The van der Waals surface area contributed by atoms with Gasteiger partial charge in [-0.2, -0.15) is 0 Å². The van der Waals surface area contributed by atoms with E-state index in [1.54, 1.807) is 30.3 Å². The number of nitrogens with zero attached hydrogens (tertiary/aromatic N) is 1. The van der Waals surface area contributed by atoms with E-state index in [9.17, 15) is 18.8 Å². The van der Waals surface area contributed by atoms with Crippen LogP contribution in [-0.2, 0) is 11.2 Å². The molecule has 0 fully saturated rings. The Labute approximate surface area is 143 Å². The Hall–Kier alpha value is -3.06. The Morgan fingerprint density at radius 1 is 1.12 bits per heavy atom. The normalized spacial score (nSPS) is 14.4. The molecule has 0 radical (unpaired) electrons. The van der Waals surface area contributed by atoms with Gasteiger partial charge in [0.25, 0.3) is 11.8 Å². The quantitative estimate of drug-likeness (QED) is 0.616. The van der Waals surface area contributed by atoms with E-state index >= 15 is 0 Å². The van der Waals surface area contributed by atoms with E-state index in [2.05, 4.69) is 5.32 Å². The lowest BCUT2D eigenvalue weighted by Crippen LogP contribution is -2.41. The minimum Gasteiger partial charge on any atom is -0.326 e. The lowest BCUT2D eigenvalue weighted by Gasteiger charge is -2.19. The first-order valence-corrected chi connectivity index (χ1v) is 7.70. The molecule has 1 atom stereocenters. The van der Waals surface area contributed by atoms with Gasteiger partial charge in [-0.05, 0) is 36.2 Å². The number of hydrogen-bond donors (Lipinski definition) is 2. The molecule has 3 amide bonds. The summed E-state index contributed by atoms with van der Waals surface area (Å²) in [5.74, 6) is -1.31. The van der Waals surface area contributed by atoms with Crippen LogP contribution in [-0.4, -0.2) is 35.7 Å². The maximum atomic E-state index is 13.8. The fourth-order valence-corrected chi connectivity index (χ4v) is 2.87. The molecule has 128 valence electrons. The number of rotatable bonds is 6. The molecule has 1 aliphatic heterocycles. The first-order valence-electron chi connectivity index (χ1n) is 7.70. The molecule has 0 bridgehead atoms. The summed E-state index contributed by atoms with van der Waals surface area (Å²) in [6, 6.07) is 10.4. The number of carbonyl (C=O) groups excluding carboxylic acids is 3. The van der Waals surface area contributed by atoms with E-state index in [1.807, 2.05) is 0 Å². The molecule has 0 saturated carbocycles. The van der Waals surface area contributed by atoms with E-state index in [0.717, 1.165) is 4.90 Å². The summed E-state index contributed by atoms with van der Waals surface area (Å²) < 4.78 is 13.8. The van der Waals surface area contributed by atoms with Crippen LogP contribution >= 0.6 is 0 Å².